The molecule has 2 aromatic carbocycles. The molecule has 0 aliphatic carbocycles. The van der Waals surface area contributed by atoms with Crippen molar-refractivity contribution < 1.29 is 23.1 Å². The summed E-state index contributed by atoms with van der Waals surface area (Å²) in [6.45, 7) is 6.36. The molecule has 0 saturated carbocycles. The molecule has 1 saturated heterocycles. The van der Waals surface area contributed by atoms with Gasteiger partial charge >= 0.3 is 6.18 Å². The summed E-state index contributed by atoms with van der Waals surface area (Å²) in [5, 5.41) is 11.9. The molecule has 0 bridgehead atoms. The third-order valence-electron chi connectivity index (χ3n) is 5.09. The predicted octanol–water partition coefficient (Wildman–Crippen LogP) is 3.80. The second-order valence-corrected chi connectivity index (χ2v) is 7.08. The summed E-state index contributed by atoms with van der Waals surface area (Å²) in [5.41, 5.74) is -0.330. The highest BCUT2D eigenvalue weighted by molar-refractivity contribution is 6.04. The number of benzene rings is 2. The lowest BCUT2D eigenvalue weighted by atomic mass is 10.0. The van der Waals surface area contributed by atoms with Gasteiger partial charge < -0.3 is 15.3 Å². The standard InChI is InChI=1S/C21H24F3N3O2/c1-2-26-8-10-27(11-9-26)14-16-6-7-17(13-19(16)21(22,23)24)25-20(29)15-4-3-5-18(28)12-15/h3-7,12-13,28H,2,8-11,14H2,1H3,(H,25,29). The van der Waals surface area contributed by atoms with E-state index in [-0.39, 0.29) is 29.1 Å². The number of halogens is 3. The normalized spacial score (nSPS) is 16.0. The summed E-state index contributed by atoms with van der Waals surface area (Å²) >= 11 is 0. The van der Waals surface area contributed by atoms with E-state index in [4.69, 9.17) is 0 Å². The highest BCUT2D eigenvalue weighted by Gasteiger charge is 2.34. The van der Waals surface area contributed by atoms with Gasteiger partial charge in [-0.25, -0.2) is 0 Å². The SMILES string of the molecule is CCN1CCN(Cc2ccc(NC(=O)c3cccc(O)c3)cc2C(F)(F)F)CC1. The van der Waals surface area contributed by atoms with Gasteiger partial charge in [0.2, 0.25) is 0 Å². The molecule has 0 spiro atoms. The number of likely N-dealkylation sites (N-methyl/N-ethyl adjacent to an activating group) is 1. The Morgan fingerprint density at radius 3 is 2.38 bits per heavy atom. The molecule has 1 aliphatic rings. The van der Waals surface area contributed by atoms with Crippen LogP contribution in [0.25, 0.3) is 0 Å². The van der Waals surface area contributed by atoms with E-state index in [0.717, 1.165) is 38.8 Å². The first-order valence-corrected chi connectivity index (χ1v) is 9.51. The first-order valence-electron chi connectivity index (χ1n) is 9.51. The van der Waals surface area contributed by atoms with Crippen LogP contribution in [0.2, 0.25) is 0 Å². The Kier molecular flexibility index (Phi) is 6.44. The van der Waals surface area contributed by atoms with Gasteiger partial charge in [0.1, 0.15) is 5.75 Å². The number of amides is 1. The minimum absolute atomic E-state index is 0.0604. The summed E-state index contributed by atoms with van der Waals surface area (Å²) in [6, 6.07) is 9.51. The number of piperazine rings is 1. The van der Waals surface area contributed by atoms with Gasteiger partial charge in [-0.15, -0.1) is 0 Å². The summed E-state index contributed by atoms with van der Waals surface area (Å²) in [7, 11) is 0. The number of aromatic hydroxyl groups is 1. The Hall–Kier alpha value is -2.58. The highest BCUT2D eigenvalue weighted by atomic mass is 19.4. The zero-order valence-electron chi connectivity index (χ0n) is 16.2. The third kappa shape index (κ3) is 5.48. The molecule has 1 heterocycles. The number of hydrogen-bond acceptors (Lipinski definition) is 4. The second-order valence-electron chi connectivity index (χ2n) is 7.08. The van der Waals surface area contributed by atoms with Crippen LogP contribution in [0, 0.1) is 0 Å². The number of alkyl halides is 3. The van der Waals surface area contributed by atoms with Gasteiger partial charge in [-0.2, -0.15) is 13.2 Å². The van der Waals surface area contributed by atoms with Crippen LogP contribution >= 0.6 is 0 Å². The molecular formula is C21H24F3N3O2. The lowest BCUT2D eigenvalue weighted by Gasteiger charge is -2.34. The zero-order valence-corrected chi connectivity index (χ0v) is 16.2. The molecule has 0 radical (unpaired) electrons. The van der Waals surface area contributed by atoms with Crippen molar-refractivity contribution in [1.29, 1.82) is 0 Å². The fourth-order valence-corrected chi connectivity index (χ4v) is 3.41. The van der Waals surface area contributed by atoms with Crippen molar-refractivity contribution in [2.75, 3.05) is 38.0 Å². The largest absolute Gasteiger partial charge is 0.508 e. The van der Waals surface area contributed by atoms with Crippen LogP contribution in [0.1, 0.15) is 28.4 Å². The van der Waals surface area contributed by atoms with E-state index in [2.05, 4.69) is 17.1 Å². The monoisotopic (exact) mass is 407 g/mol. The summed E-state index contributed by atoms with van der Waals surface area (Å²) in [6.07, 6.45) is -4.52. The van der Waals surface area contributed by atoms with Crippen LogP contribution in [0.4, 0.5) is 18.9 Å². The summed E-state index contributed by atoms with van der Waals surface area (Å²) in [4.78, 5) is 16.6. The van der Waals surface area contributed by atoms with Gasteiger partial charge in [0.15, 0.2) is 0 Å². The molecule has 29 heavy (non-hydrogen) atoms. The van der Waals surface area contributed by atoms with E-state index in [1.165, 1.54) is 36.4 Å². The van der Waals surface area contributed by atoms with Crippen molar-refractivity contribution >= 4 is 11.6 Å². The van der Waals surface area contributed by atoms with E-state index in [0.29, 0.717) is 0 Å². The smallest absolute Gasteiger partial charge is 0.416 e. The van der Waals surface area contributed by atoms with Gasteiger partial charge in [-0.1, -0.05) is 19.1 Å². The van der Waals surface area contributed by atoms with Crippen molar-refractivity contribution in [3.05, 3.63) is 59.2 Å². The molecule has 0 atom stereocenters. The summed E-state index contributed by atoms with van der Waals surface area (Å²) < 4.78 is 40.9. The minimum Gasteiger partial charge on any atom is -0.508 e. The lowest BCUT2D eigenvalue weighted by molar-refractivity contribution is -0.138. The Morgan fingerprint density at radius 2 is 1.76 bits per heavy atom. The average molecular weight is 407 g/mol. The third-order valence-corrected chi connectivity index (χ3v) is 5.09. The molecule has 1 aliphatic heterocycles. The number of carbonyl (C=O) groups is 1. The number of carbonyl (C=O) groups excluding carboxylic acids is 1. The van der Waals surface area contributed by atoms with Crippen LogP contribution in [0.15, 0.2) is 42.5 Å². The van der Waals surface area contributed by atoms with Gasteiger partial charge in [-0.3, -0.25) is 9.69 Å². The predicted molar refractivity (Wildman–Crippen MR) is 105 cm³/mol. The number of nitrogens with one attached hydrogen (secondary N) is 1. The van der Waals surface area contributed by atoms with Gasteiger partial charge in [0.25, 0.3) is 5.91 Å². The topological polar surface area (TPSA) is 55.8 Å². The van der Waals surface area contributed by atoms with Crippen molar-refractivity contribution in [3.8, 4) is 5.75 Å². The second kappa shape index (κ2) is 8.84. The number of hydrogen-bond donors (Lipinski definition) is 2. The van der Waals surface area contributed by atoms with Gasteiger partial charge in [-0.05, 0) is 42.4 Å². The molecule has 2 N–H and O–H groups in total. The number of nitrogens with zero attached hydrogens (tertiary/aromatic N) is 2. The van der Waals surface area contributed by atoms with Gasteiger partial charge in [0, 0.05) is 44.0 Å². The molecule has 5 nitrogen and oxygen atoms in total. The lowest BCUT2D eigenvalue weighted by Crippen LogP contribution is -2.45. The van der Waals surface area contributed by atoms with Crippen molar-refractivity contribution in [2.45, 2.75) is 19.6 Å². The Labute approximate surface area is 167 Å². The van der Waals surface area contributed by atoms with Crippen molar-refractivity contribution in [3.63, 3.8) is 0 Å². The molecule has 0 unspecified atom stereocenters. The van der Waals surface area contributed by atoms with Crippen molar-refractivity contribution in [1.82, 2.24) is 9.80 Å². The molecule has 8 heteroatoms. The molecular weight excluding hydrogens is 383 g/mol. The maximum Gasteiger partial charge on any atom is 0.416 e. The molecule has 3 rings (SSSR count). The zero-order chi connectivity index (χ0) is 21.0. The quantitative estimate of drug-likeness (QED) is 0.792. The van der Waals surface area contributed by atoms with Crippen LogP contribution < -0.4 is 5.32 Å². The minimum atomic E-state index is -4.52. The van der Waals surface area contributed by atoms with E-state index >= 15 is 0 Å². The number of phenolic OH excluding ortho intramolecular Hbond substituents is 1. The number of rotatable bonds is 5. The first kappa shape index (κ1) is 21.1. The Morgan fingerprint density at radius 1 is 1.07 bits per heavy atom. The maximum absolute atomic E-state index is 13.6. The van der Waals surface area contributed by atoms with E-state index in [1.54, 1.807) is 0 Å². The van der Waals surface area contributed by atoms with Gasteiger partial charge in [0.05, 0.1) is 5.56 Å². The molecule has 156 valence electrons. The molecule has 0 aromatic heterocycles. The van der Waals surface area contributed by atoms with Crippen LogP contribution in [0.5, 0.6) is 5.75 Å². The van der Waals surface area contributed by atoms with E-state index in [1.807, 2.05) is 4.90 Å². The average Bonchev–Trinajstić information content (AvgIpc) is 2.69. The molecule has 1 amide bonds. The maximum atomic E-state index is 13.6. The van der Waals surface area contributed by atoms with Crippen LogP contribution in [-0.2, 0) is 12.7 Å². The first-order chi connectivity index (χ1) is 13.8. The fraction of sp³-hybridized carbons (Fsp3) is 0.381. The van der Waals surface area contributed by atoms with E-state index < -0.39 is 17.6 Å². The molecule has 1 fully saturated rings. The number of anilines is 1. The Bertz CT molecular complexity index is 862. The summed E-state index contributed by atoms with van der Waals surface area (Å²) in [5.74, 6) is -0.676. The highest BCUT2D eigenvalue weighted by Crippen LogP contribution is 2.34. The van der Waals surface area contributed by atoms with Crippen LogP contribution in [0.3, 0.4) is 0 Å². The van der Waals surface area contributed by atoms with Crippen LogP contribution in [-0.4, -0.2) is 53.5 Å². The molecule has 2 aromatic rings. The Balaban J connectivity index is 1.76. The van der Waals surface area contributed by atoms with E-state index in [9.17, 15) is 23.1 Å². The fourth-order valence-electron chi connectivity index (χ4n) is 3.41. The number of phenols is 1. The van der Waals surface area contributed by atoms with Crippen molar-refractivity contribution in [2.24, 2.45) is 0 Å².